The van der Waals surface area contributed by atoms with Gasteiger partial charge in [-0.05, 0) is 30.8 Å². The summed E-state index contributed by atoms with van der Waals surface area (Å²) in [4.78, 5) is 1.71. The highest BCUT2D eigenvalue weighted by Gasteiger charge is 2.12. The molecule has 1 aromatic heterocycles. The van der Waals surface area contributed by atoms with Gasteiger partial charge < -0.3 is 9.73 Å². The van der Waals surface area contributed by atoms with Gasteiger partial charge in [0.2, 0.25) is 5.89 Å². The highest BCUT2D eigenvalue weighted by atomic mass is 19.1. The quantitative estimate of drug-likeness (QED) is 0.880. The number of hydrogen-bond donors (Lipinski definition) is 1. The molecule has 2 aromatic rings. The van der Waals surface area contributed by atoms with Gasteiger partial charge in [-0.3, -0.25) is 4.90 Å². The normalized spacial score (nSPS) is 10.6. The van der Waals surface area contributed by atoms with Gasteiger partial charge in [0.1, 0.15) is 5.82 Å². The van der Waals surface area contributed by atoms with Crippen LogP contribution in [0.1, 0.15) is 12.8 Å². The van der Waals surface area contributed by atoms with E-state index in [0.717, 1.165) is 12.2 Å². The lowest BCUT2D eigenvalue weighted by molar-refractivity contribution is 0.476. The van der Waals surface area contributed by atoms with Crippen LogP contribution in [0.4, 0.5) is 16.1 Å². The van der Waals surface area contributed by atoms with Gasteiger partial charge in [0.25, 0.3) is 0 Å². The van der Waals surface area contributed by atoms with Gasteiger partial charge >= 0.3 is 6.01 Å². The molecule has 0 saturated carbocycles. The Hall–Kier alpha value is -1.95. The third kappa shape index (κ3) is 2.84. The zero-order valence-electron chi connectivity index (χ0n) is 10.4. The van der Waals surface area contributed by atoms with E-state index in [1.165, 1.54) is 12.1 Å². The summed E-state index contributed by atoms with van der Waals surface area (Å²) in [6, 6.07) is 6.48. The maximum atomic E-state index is 12.8. The molecular formula is C12H15FN4O. The molecule has 2 rings (SSSR count). The molecule has 5 nitrogen and oxygen atoms in total. The van der Waals surface area contributed by atoms with Crippen LogP contribution in [0.2, 0.25) is 0 Å². The maximum absolute atomic E-state index is 12.8. The van der Waals surface area contributed by atoms with E-state index in [4.69, 9.17) is 4.42 Å². The molecule has 0 bridgehead atoms. The van der Waals surface area contributed by atoms with Crippen LogP contribution in [-0.4, -0.2) is 23.8 Å². The highest BCUT2D eigenvalue weighted by molar-refractivity contribution is 5.54. The van der Waals surface area contributed by atoms with Crippen LogP contribution >= 0.6 is 0 Å². The van der Waals surface area contributed by atoms with E-state index >= 15 is 0 Å². The SMILES string of the molecule is CCNCc1nnc(N(C)c2ccc(F)cc2)o1. The molecular weight excluding hydrogens is 235 g/mol. The summed E-state index contributed by atoms with van der Waals surface area (Å²) in [7, 11) is 1.79. The summed E-state index contributed by atoms with van der Waals surface area (Å²) in [5.41, 5.74) is 0.787. The van der Waals surface area contributed by atoms with Crippen LogP contribution in [0, 0.1) is 5.82 Å². The van der Waals surface area contributed by atoms with Crippen molar-refractivity contribution in [2.24, 2.45) is 0 Å². The van der Waals surface area contributed by atoms with Crippen molar-refractivity contribution in [3.05, 3.63) is 36.0 Å². The van der Waals surface area contributed by atoms with Crippen molar-refractivity contribution in [2.75, 3.05) is 18.5 Å². The average molecular weight is 250 g/mol. The molecule has 0 aliphatic rings. The van der Waals surface area contributed by atoms with E-state index in [9.17, 15) is 4.39 Å². The summed E-state index contributed by atoms with van der Waals surface area (Å²) in [6.07, 6.45) is 0. The number of hydrogen-bond acceptors (Lipinski definition) is 5. The van der Waals surface area contributed by atoms with E-state index in [2.05, 4.69) is 15.5 Å². The molecule has 1 N–H and O–H groups in total. The van der Waals surface area contributed by atoms with E-state index in [1.54, 1.807) is 24.1 Å². The molecule has 1 aromatic carbocycles. The molecule has 0 aliphatic carbocycles. The Morgan fingerprint density at radius 3 is 2.67 bits per heavy atom. The largest absolute Gasteiger partial charge is 0.406 e. The molecule has 18 heavy (non-hydrogen) atoms. The van der Waals surface area contributed by atoms with Crippen molar-refractivity contribution in [2.45, 2.75) is 13.5 Å². The number of halogens is 1. The minimum absolute atomic E-state index is 0.273. The van der Waals surface area contributed by atoms with E-state index < -0.39 is 0 Å². The predicted octanol–water partition coefficient (Wildman–Crippen LogP) is 2.09. The third-order valence-electron chi connectivity index (χ3n) is 2.48. The molecule has 0 saturated heterocycles. The lowest BCUT2D eigenvalue weighted by atomic mass is 10.3. The van der Waals surface area contributed by atoms with Crippen molar-refractivity contribution in [1.29, 1.82) is 0 Å². The van der Waals surface area contributed by atoms with Gasteiger partial charge in [-0.1, -0.05) is 12.0 Å². The molecule has 96 valence electrons. The minimum atomic E-state index is -0.273. The first-order chi connectivity index (χ1) is 8.70. The minimum Gasteiger partial charge on any atom is -0.406 e. The topological polar surface area (TPSA) is 54.2 Å². The number of benzene rings is 1. The monoisotopic (exact) mass is 250 g/mol. The molecule has 0 spiro atoms. The van der Waals surface area contributed by atoms with Gasteiger partial charge in [-0.15, -0.1) is 5.10 Å². The Labute approximate surface area is 105 Å². The molecule has 0 atom stereocenters. The van der Waals surface area contributed by atoms with Crippen molar-refractivity contribution >= 4 is 11.7 Å². The Morgan fingerprint density at radius 1 is 1.28 bits per heavy atom. The van der Waals surface area contributed by atoms with Gasteiger partial charge in [-0.2, -0.15) is 0 Å². The fourth-order valence-corrected chi connectivity index (χ4v) is 1.46. The zero-order valence-corrected chi connectivity index (χ0v) is 10.4. The zero-order chi connectivity index (χ0) is 13.0. The summed E-state index contributed by atoms with van der Waals surface area (Å²) < 4.78 is 18.3. The smallest absolute Gasteiger partial charge is 0.322 e. The van der Waals surface area contributed by atoms with E-state index in [0.29, 0.717) is 18.5 Å². The third-order valence-corrected chi connectivity index (χ3v) is 2.48. The van der Waals surface area contributed by atoms with Crippen LogP contribution in [0.3, 0.4) is 0 Å². The Balaban J connectivity index is 2.10. The molecule has 1 heterocycles. The second-order valence-corrected chi connectivity index (χ2v) is 3.79. The van der Waals surface area contributed by atoms with Gasteiger partial charge in [0, 0.05) is 12.7 Å². The average Bonchev–Trinajstić information content (AvgIpc) is 2.85. The summed E-state index contributed by atoms with van der Waals surface area (Å²) >= 11 is 0. The standard InChI is InChI=1S/C12H15FN4O/c1-3-14-8-11-15-16-12(18-11)17(2)10-6-4-9(13)5-7-10/h4-7,14H,3,8H2,1-2H3. The first-order valence-corrected chi connectivity index (χ1v) is 5.73. The Morgan fingerprint density at radius 2 is 2.00 bits per heavy atom. The predicted molar refractivity (Wildman–Crippen MR) is 66.1 cm³/mol. The molecule has 6 heteroatoms. The van der Waals surface area contributed by atoms with Gasteiger partial charge in [-0.25, -0.2) is 4.39 Å². The van der Waals surface area contributed by atoms with Gasteiger partial charge in [0.05, 0.1) is 6.54 Å². The molecule has 0 fully saturated rings. The number of aromatic nitrogens is 2. The Kier molecular flexibility index (Phi) is 3.88. The van der Waals surface area contributed by atoms with Crippen molar-refractivity contribution < 1.29 is 8.81 Å². The number of rotatable bonds is 5. The second kappa shape index (κ2) is 5.59. The first kappa shape index (κ1) is 12.5. The molecule has 0 amide bonds. The number of nitrogens with zero attached hydrogens (tertiary/aromatic N) is 3. The van der Waals surface area contributed by atoms with Crippen LogP contribution in [0.25, 0.3) is 0 Å². The Bertz CT molecular complexity index is 497. The summed E-state index contributed by atoms with van der Waals surface area (Å²) in [5, 5.41) is 11.0. The maximum Gasteiger partial charge on any atom is 0.322 e. The van der Waals surface area contributed by atoms with Crippen LogP contribution in [0.5, 0.6) is 0 Å². The van der Waals surface area contributed by atoms with E-state index in [-0.39, 0.29) is 5.82 Å². The summed E-state index contributed by atoms with van der Waals surface area (Å²) in [6.45, 7) is 3.38. The van der Waals surface area contributed by atoms with Crippen LogP contribution in [-0.2, 0) is 6.54 Å². The molecule has 0 unspecified atom stereocenters. The first-order valence-electron chi connectivity index (χ1n) is 5.73. The highest BCUT2D eigenvalue weighted by Crippen LogP contribution is 2.22. The van der Waals surface area contributed by atoms with Crippen LogP contribution in [0.15, 0.2) is 28.7 Å². The van der Waals surface area contributed by atoms with Crippen LogP contribution < -0.4 is 10.2 Å². The number of nitrogens with one attached hydrogen (secondary N) is 1. The van der Waals surface area contributed by atoms with Gasteiger partial charge in [0.15, 0.2) is 0 Å². The fourth-order valence-electron chi connectivity index (χ4n) is 1.46. The molecule has 0 radical (unpaired) electrons. The fraction of sp³-hybridized carbons (Fsp3) is 0.333. The van der Waals surface area contributed by atoms with Crippen molar-refractivity contribution in [3.8, 4) is 0 Å². The summed E-state index contributed by atoms with van der Waals surface area (Å²) in [5.74, 6) is 0.256. The van der Waals surface area contributed by atoms with E-state index in [1.807, 2.05) is 6.92 Å². The second-order valence-electron chi connectivity index (χ2n) is 3.79. The van der Waals surface area contributed by atoms with Crippen molar-refractivity contribution in [3.63, 3.8) is 0 Å². The lowest BCUT2D eigenvalue weighted by Crippen LogP contribution is -2.12. The lowest BCUT2D eigenvalue weighted by Gasteiger charge is -2.13. The number of anilines is 2. The molecule has 0 aliphatic heterocycles. The van der Waals surface area contributed by atoms with Crippen molar-refractivity contribution in [1.82, 2.24) is 15.5 Å².